The van der Waals surface area contributed by atoms with E-state index >= 15 is 0 Å². The third-order valence-corrected chi connectivity index (χ3v) is 5.07. The molecule has 1 atom stereocenters. The lowest BCUT2D eigenvalue weighted by atomic mass is 10.1. The summed E-state index contributed by atoms with van der Waals surface area (Å²) in [6, 6.07) is 4.22. The maximum absolute atomic E-state index is 12.6. The van der Waals surface area contributed by atoms with Crippen LogP contribution >= 0.6 is 0 Å². The van der Waals surface area contributed by atoms with Crippen molar-refractivity contribution in [2.24, 2.45) is 0 Å². The predicted octanol–water partition coefficient (Wildman–Crippen LogP) is 3.07. The van der Waals surface area contributed by atoms with Crippen LogP contribution in [0.25, 0.3) is 0 Å². The van der Waals surface area contributed by atoms with Gasteiger partial charge >= 0.3 is 6.18 Å². The number of aromatic nitrogens is 2. The van der Waals surface area contributed by atoms with Gasteiger partial charge in [0, 0.05) is 0 Å². The Bertz CT molecular complexity index is 769. The van der Waals surface area contributed by atoms with Crippen LogP contribution in [0.15, 0.2) is 28.8 Å². The van der Waals surface area contributed by atoms with E-state index in [0.29, 0.717) is 0 Å². The van der Waals surface area contributed by atoms with Crippen molar-refractivity contribution in [2.45, 2.75) is 31.0 Å². The van der Waals surface area contributed by atoms with Crippen molar-refractivity contribution in [2.75, 3.05) is 0 Å². The number of sulfone groups is 1. The lowest BCUT2D eigenvalue weighted by Crippen LogP contribution is -2.14. The van der Waals surface area contributed by atoms with Gasteiger partial charge in [0.2, 0.25) is 5.89 Å². The molecule has 120 valence electrons. The quantitative estimate of drug-likeness (QED) is 0.859. The van der Waals surface area contributed by atoms with Gasteiger partial charge in [-0.15, -0.1) is 0 Å². The number of hydrogen-bond acceptors (Lipinski definition) is 5. The number of aryl methyl sites for hydroxylation is 1. The van der Waals surface area contributed by atoms with Crippen LogP contribution in [0.3, 0.4) is 0 Å². The normalized spacial score (nSPS) is 14.0. The summed E-state index contributed by atoms with van der Waals surface area (Å²) in [5.74, 6) is -0.333. The van der Waals surface area contributed by atoms with Crippen molar-refractivity contribution in [3.05, 3.63) is 47.1 Å². The molecule has 5 nitrogen and oxygen atoms in total. The highest BCUT2D eigenvalue weighted by atomic mass is 32.2. The fourth-order valence-corrected chi connectivity index (χ4v) is 3.12. The molecule has 0 saturated carbocycles. The first kappa shape index (κ1) is 16.5. The van der Waals surface area contributed by atoms with Gasteiger partial charge in [-0.1, -0.05) is 23.4 Å². The fourth-order valence-electron chi connectivity index (χ4n) is 1.83. The van der Waals surface area contributed by atoms with Crippen LogP contribution in [-0.2, 0) is 21.8 Å². The van der Waals surface area contributed by atoms with E-state index in [4.69, 9.17) is 4.52 Å². The third-order valence-electron chi connectivity index (χ3n) is 3.05. The van der Waals surface area contributed by atoms with Crippen molar-refractivity contribution in [3.63, 3.8) is 0 Å². The molecule has 1 heterocycles. The molecule has 0 N–H and O–H groups in total. The first-order valence-electron chi connectivity index (χ1n) is 6.27. The molecule has 1 aromatic carbocycles. The molecule has 0 bridgehead atoms. The number of rotatable bonds is 4. The highest BCUT2D eigenvalue weighted by molar-refractivity contribution is 7.90. The summed E-state index contributed by atoms with van der Waals surface area (Å²) in [7, 11) is -3.78. The molecule has 0 saturated heterocycles. The van der Waals surface area contributed by atoms with Crippen molar-refractivity contribution in [3.8, 4) is 0 Å². The van der Waals surface area contributed by atoms with Gasteiger partial charge in [0.1, 0.15) is 5.25 Å². The van der Waals surface area contributed by atoms with E-state index in [0.717, 1.165) is 12.1 Å². The Balaban J connectivity index is 2.25. The first-order chi connectivity index (χ1) is 10.1. The lowest BCUT2D eigenvalue weighted by molar-refractivity contribution is -0.137. The van der Waals surface area contributed by atoms with E-state index in [1.807, 2.05) is 0 Å². The number of hydrogen-bond donors (Lipinski definition) is 0. The Morgan fingerprint density at radius 1 is 1.32 bits per heavy atom. The molecule has 1 unspecified atom stereocenters. The summed E-state index contributed by atoms with van der Waals surface area (Å²) in [5.41, 5.74) is -0.834. The minimum atomic E-state index is -4.52. The zero-order chi connectivity index (χ0) is 16.5. The van der Waals surface area contributed by atoms with Crippen molar-refractivity contribution >= 4 is 9.84 Å². The minimum absolute atomic E-state index is 0.0536. The van der Waals surface area contributed by atoms with E-state index in [1.165, 1.54) is 19.1 Å². The fraction of sp³-hybridized carbons (Fsp3) is 0.385. The van der Waals surface area contributed by atoms with E-state index in [-0.39, 0.29) is 17.3 Å². The van der Waals surface area contributed by atoms with Crippen LogP contribution in [0, 0.1) is 6.92 Å². The number of alkyl halides is 3. The van der Waals surface area contributed by atoms with Crippen LogP contribution in [-0.4, -0.2) is 18.6 Å². The van der Waals surface area contributed by atoms with Crippen molar-refractivity contribution in [1.82, 2.24) is 10.1 Å². The number of halogens is 3. The van der Waals surface area contributed by atoms with Gasteiger partial charge < -0.3 is 4.52 Å². The molecule has 0 amide bonds. The standard InChI is InChI=1S/C13H13F3N2O3S/c1-8(12-17-9(2)18-21-12)22(19,20)7-10-4-3-5-11(6-10)13(14,15)16/h3-6,8H,7H2,1-2H3. The average Bonchev–Trinajstić information content (AvgIpc) is 2.83. The molecule has 2 aromatic rings. The molecule has 0 aliphatic rings. The summed E-state index contributed by atoms with van der Waals surface area (Å²) in [5, 5.41) is 2.41. The van der Waals surface area contributed by atoms with Crippen molar-refractivity contribution in [1.29, 1.82) is 0 Å². The summed E-state index contributed by atoms with van der Waals surface area (Å²) in [6.07, 6.45) is -4.52. The van der Waals surface area contributed by atoms with E-state index in [1.54, 1.807) is 6.92 Å². The topological polar surface area (TPSA) is 73.1 Å². The van der Waals surface area contributed by atoms with Crippen molar-refractivity contribution < 1.29 is 26.1 Å². The Hall–Kier alpha value is -1.90. The van der Waals surface area contributed by atoms with Gasteiger partial charge in [-0.05, 0) is 25.5 Å². The third kappa shape index (κ3) is 3.65. The van der Waals surface area contributed by atoms with Gasteiger partial charge in [-0.3, -0.25) is 0 Å². The van der Waals surface area contributed by atoms with Gasteiger partial charge in [0.15, 0.2) is 15.7 Å². The lowest BCUT2D eigenvalue weighted by Gasteiger charge is -2.11. The Morgan fingerprint density at radius 3 is 2.55 bits per heavy atom. The van der Waals surface area contributed by atoms with Gasteiger partial charge in [0.25, 0.3) is 0 Å². The van der Waals surface area contributed by atoms with Crippen LogP contribution in [0.4, 0.5) is 13.2 Å². The Morgan fingerprint density at radius 2 is 2.00 bits per heavy atom. The van der Waals surface area contributed by atoms with Gasteiger partial charge in [0.05, 0.1) is 11.3 Å². The second-order valence-electron chi connectivity index (χ2n) is 4.83. The largest absolute Gasteiger partial charge is 0.416 e. The van der Waals surface area contributed by atoms with E-state index in [9.17, 15) is 21.6 Å². The molecule has 0 aliphatic carbocycles. The zero-order valence-electron chi connectivity index (χ0n) is 11.8. The highest BCUT2D eigenvalue weighted by Crippen LogP contribution is 2.31. The molecule has 2 rings (SSSR count). The summed E-state index contributed by atoms with van der Waals surface area (Å²) < 4.78 is 67.3. The average molecular weight is 334 g/mol. The van der Waals surface area contributed by atoms with Crippen LogP contribution in [0.1, 0.15) is 35.0 Å². The molecule has 0 spiro atoms. The summed E-state index contributed by atoms with van der Waals surface area (Å²) in [4.78, 5) is 3.84. The molecule has 1 aromatic heterocycles. The van der Waals surface area contributed by atoms with Gasteiger partial charge in [-0.25, -0.2) is 8.42 Å². The zero-order valence-corrected chi connectivity index (χ0v) is 12.6. The second-order valence-corrected chi connectivity index (χ2v) is 7.15. The molecular formula is C13H13F3N2O3S. The van der Waals surface area contributed by atoms with Crippen LogP contribution < -0.4 is 0 Å². The molecule has 0 radical (unpaired) electrons. The van der Waals surface area contributed by atoms with Crippen LogP contribution in [0.2, 0.25) is 0 Å². The number of benzene rings is 1. The van der Waals surface area contributed by atoms with Crippen LogP contribution in [0.5, 0.6) is 0 Å². The second kappa shape index (κ2) is 5.71. The SMILES string of the molecule is Cc1noc(C(C)S(=O)(=O)Cc2cccc(C(F)(F)F)c2)n1. The first-order valence-corrected chi connectivity index (χ1v) is 7.99. The maximum Gasteiger partial charge on any atom is 0.416 e. The predicted molar refractivity (Wildman–Crippen MR) is 71.5 cm³/mol. The monoisotopic (exact) mass is 334 g/mol. The molecule has 22 heavy (non-hydrogen) atoms. The molecule has 9 heteroatoms. The van der Waals surface area contributed by atoms with E-state index < -0.39 is 32.6 Å². The molecular weight excluding hydrogens is 321 g/mol. The summed E-state index contributed by atoms with van der Waals surface area (Å²) in [6.45, 7) is 2.90. The highest BCUT2D eigenvalue weighted by Gasteiger charge is 2.32. The molecule has 0 aliphatic heterocycles. The Kier molecular flexibility index (Phi) is 4.28. The molecule has 0 fully saturated rings. The van der Waals surface area contributed by atoms with E-state index in [2.05, 4.69) is 10.1 Å². The smallest absolute Gasteiger partial charge is 0.338 e. The minimum Gasteiger partial charge on any atom is -0.338 e. The Labute approximate surface area is 125 Å². The van der Waals surface area contributed by atoms with Gasteiger partial charge in [-0.2, -0.15) is 18.2 Å². The summed E-state index contributed by atoms with van der Waals surface area (Å²) >= 11 is 0. The maximum atomic E-state index is 12.6. The number of nitrogens with zero attached hydrogens (tertiary/aromatic N) is 2.